The molecule has 0 radical (unpaired) electrons. The summed E-state index contributed by atoms with van der Waals surface area (Å²) in [5.74, 6) is 0.280. The molecule has 0 fully saturated rings. The van der Waals surface area contributed by atoms with Crippen molar-refractivity contribution in [3.05, 3.63) is 17.3 Å². The zero-order valence-electron chi connectivity index (χ0n) is 7.34. The molecule has 1 aromatic heterocycles. The van der Waals surface area contributed by atoms with Crippen LogP contribution in [0.25, 0.3) is 0 Å². The Hall–Kier alpha value is -1.39. The summed E-state index contributed by atoms with van der Waals surface area (Å²) in [5.41, 5.74) is 5.70. The molecule has 5 heteroatoms. The summed E-state index contributed by atoms with van der Waals surface area (Å²) < 4.78 is 29.4. The van der Waals surface area contributed by atoms with Gasteiger partial charge in [-0.3, -0.25) is 0 Å². The highest BCUT2D eigenvalue weighted by atomic mass is 19.3. The van der Waals surface area contributed by atoms with Crippen molar-refractivity contribution in [2.75, 3.05) is 12.8 Å². The van der Waals surface area contributed by atoms with Gasteiger partial charge >= 0.3 is 0 Å². The van der Waals surface area contributed by atoms with Crippen LogP contribution < -0.4 is 10.5 Å². The lowest BCUT2D eigenvalue weighted by molar-refractivity contribution is 0.151. The van der Waals surface area contributed by atoms with Gasteiger partial charge in [0.2, 0.25) is 5.88 Å². The largest absolute Gasteiger partial charge is 0.481 e. The van der Waals surface area contributed by atoms with Crippen molar-refractivity contribution >= 4 is 5.69 Å². The third kappa shape index (κ3) is 1.68. The predicted molar refractivity (Wildman–Crippen MR) is 44.9 cm³/mol. The average Bonchev–Trinajstić information content (AvgIpc) is 2.09. The van der Waals surface area contributed by atoms with E-state index in [0.29, 0.717) is 5.56 Å². The molecule has 0 aliphatic carbocycles. The van der Waals surface area contributed by atoms with Crippen LogP contribution in [-0.2, 0) is 0 Å². The fourth-order valence-corrected chi connectivity index (χ4v) is 1.01. The number of ether oxygens (including phenoxy) is 1. The Morgan fingerprint density at radius 2 is 2.15 bits per heavy atom. The highest BCUT2D eigenvalue weighted by molar-refractivity contribution is 5.56. The first kappa shape index (κ1) is 9.70. The Morgan fingerprint density at radius 3 is 2.62 bits per heavy atom. The lowest BCUT2D eigenvalue weighted by Crippen LogP contribution is -2.02. The number of nitrogen functional groups attached to an aromatic ring is 1. The van der Waals surface area contributed by atoms with Crippen LogP contribution in [0.15, 0.2) is 6.20 Å². The molecule has 0 amide bonds. The van der Waals surface area contributed by atoms with E-state index >= 15 is 0 Å². The van der Waals surface area contributed by atoms with Gasteiger partial charge in [-0.15, -0.1) is 0 Å². The summed E-state index contributed by atoms with van der Waals surface area (Å²) in [6, 6.07) is 0. The molecule has 0 unspecified atom stereocenters. The van der Waals surface area contributed by atoms with Crippen LogP contribution in [0.5, 0.6) is 5.88 Å². The van der Waals surface area contributed by atoms with E-state index in [-0.39, 0.29) is 17.1 Å². The fraction of sp³-hybridized carbons (Fsp3) is 0.375. The first-order valence-electron chi connectivity index (χ1n) is 3.65. The van der Waals surface area contributed by atoms with Crippen molar-refractivity contribution in [3.63, 3.8) is 0 Å². The van der Waals surface area contributed by atoms with Gasteiger partial charge in [-0.25, -0.2) is 13.8 Å². The standard InChI is InChI=1S/C8H10F2N2O/c1-4-6(11)5(7(9)10)3-12-8(4)13-2/h3,7H,1-2H3,(H2,11,12). The van der Waals surface area contributed by atoms with Crippen LogP contribution >= 0.6 is 0 Å². The second-order valence-corrected chi connectivity index (χ2v) is 2.56. The lowest BCUT2D eigenvalue weighted by Gasteiger charge is -2.09. The molecule has 0 aromatic carbocycles. The number of hydrogen-bond donors (Lipinski definition) is 1. The van der Waals surface area contributed by atoms with Gasteiger partial charge in [-0.2, -0.15) is 0 Å². The fourth-order valence-electron chi connectivity index (χ4n) is 1.01. The number of hydrogen-bond acceptors (Lipinski definition) is 3. The molecule has 2 N–H and O–H groups in total. The number of anilines is 1. The first-order chi connectivity index (χ1) is 6.07. The Bertz CT molecular complexity index is 315. The maximum absolute atomic E-state index is 12.3. The summed E-state index contributed by atoms with van der Waals surface area (Å²) in [4.78, 5) is 3.70. The molecule has 1 aromatic rings. The van der Waals surface area contributed by atoms with Crippen LogP contribution in [0.4, 0.5) is 14.5 Å². The predicted octanol–water partition coefficient (Wildman–Crippen LogP) is 1.92. The van der Waals surface area contributed by atoms with Crippen molar-refractivity contribution in [3.8, 4) is 5.88 Å². The van der Waals surface area contributed by atoms with Crippen LogP contribution in [0.3, 0.4) is 0 Å². The number of pyridine rings is 1. The van der Waals surface area contributed by atoms with Gasteiger partial charge < -0.3 is 10.5 Å². The van der Waals surface area contributed by atoms with E-state index in [9.17, 15) is 8.78 Å². The second kappa shape index (κ2) is 3.55. The SMILES string of the molecule is COc1ncc(C(F)F)c(N)c1C. The molecule has 0 saturated heterocycles. The van der Waals surface area contributed by atoms with E-state index in [0.717, 1.165) is 6.20 Å². The van der Waals surface area contributed by atoms with Crippen molar-refractivity contribution in [1.82, 2.24) is 4.98 Å². The zero-order chi connectivity index (χ0) is 10.0. The van der Waals surface area contributed by atoms with Crippen LogP contribution in [-0.4, -0.2) is 12.1 Å². The summed E-state index contributed by atoms with van der Waals surface area (Å²) in [6.45, 7) is 1.59. The zero-order valence-corrected chi connectivity index (χ0v) is 7.34. The minimum absolute atomic E-state index is 0.0434. The third-order valence-electron chi connectivity index (χ3n) is 1.79. The molecule has 0 bridgehead atoms. The lowest BCUT2D eigenvalue weighted by atomic mass is 10.1. The smallest absolute Gasteiger partial charge is 0.267 e. The molecule has 0 aliphatic rings. The Balaban J connectivity index is 3.23. The average molecular weight is 188 g/mol. The monoisotopic (exact) mass is 188 g/mol. The van der Waals surface area contributed by atoms with E-state index in [1.807, 2.05) is 0 Å². The Labute approximate surface area is 74.5 Å². The van der Waals surface area contributed by atoms with Crippen LogP contribution in [0, 0.1) is 6.92 Å². The highest BCUT2D eigenvalue weighted by Crippen LogP contribution is 2.30. The van der Waals surface area contributed by atoms with E-state index in [1.54, 1.807) is 6.92 Å². The van der Waals surface area contributed by atoms with Crippen LogP contribution in [0.1, 0.15) is 17.6 Å². The first-order valence-corrected chi connectivity index (χ1v) is 3.65. The Morgan fingerprint density at radius 1 is 1.54 bits per heavy atom. The van der Waals surface area contributed by atoms with Crippen molar-refractivity contribution in [2.24, 2.45) is 0 Å². The number of halogens is 2. The molecule has 3 nitrogen and oxygen atoms in total. The van der Waals surface area contributed by atoms with Gasteiger partial charge in [-0.1, -0.05) is 0 Å². The third-order valence-corrected chi connectivity index (χ3v) is 1.79. The number of aromatic nitrogens is 1. The minimum atomic E-state index is -2.60. The van der Waals surface area contributed by atoms with Crippen LogP contribution in [0.2, 0.25) is 0 Å². The maximum Gasteiger partial charge on any atom is 0.267 e. The highest BCUT2D eigenvalue weighted by Gasteiger charge is 2.15. The molecule has 0 spiro atoms. The van der Waals surface area contributed by atoms with Crippen molar-refractivity contribution < 1.29 is 13.5 Å². The molecule has 72 valence electrons. The molecule has 1 rings (SSSR count). The summed E-state index contributed by atoms with van der Waals surface area (Å²) >= 11 is 0. The molecule has 13 heavy (non-hydrogen) atoms. The number of nitrogens with two attached hydrogens (primary N) is 1. The Kier molecular flexibility index (Phi) is 2.65. The number of rotatable bonds is 2. The quantitative estimate of drug-likeness (QED) is 0.771. The number of methoxy groups -OCH3 is 1. The summed E-state index contributed by atoms with van der Waals surface area (Å²) in [6.07, 6.45) is -1.57. The van der Waals surface area contributed by atoms with Gasteiger partial charge in [-0.05, 0) is 6.92 Å². The maximum atomic E-state index is 12.3. The van der Waals surface area contributed by atoms with E-state index in [4.69, 9.17) is 10.5 Å². The van der Waals surface area contributed by atoms with Gasteiger partial charge in [0.1, 0.15) is 0 Å². The molecular formula is C8H10F2N2O. The summed E-state index contributed by atoms with van der Waals surface area (Å²) in [5, 5.41) is 0. The van der Waals surface area contributed by atoms with Gasteiger partial charge in [0.05, 0.1) is 18.4 Å². The van der Waals surface area contributed by atoms with E-state index < -0.39 is 6.43 Å². The molecule has 0 saturated carbocycles. The topological polar surface area (TPSA) is 48.1 Å². The van der Waals surface area contributed by atoms with Gasteiger partial charge in [0.15, 0.2) is 0 Å². The molecular weight excluding hydrogens is 178 g/mol. The number of nitrogens with zero attached hydrogens (tertiary/aromatic N) is 1. The molecule has 0 aliphatic heterocycles. The normalized spacial score (nSPS) is 10.5. The van der Waals surface area contributed by atoms with E-state index in [2.05, 4.69) is 4.98 Å². The molecule has 0 atom stereocenters. The minimum Gasteiger partial charge on any atom is -0.481 e. The van der Waals surface area contributed by atoms with Gasteiger partial charge in [0, 0.05) is 11.8 Å². The van der Waals surface area contributed by atoms with Gasteiger partial charge in [0.25, 0.3) is 6.43 Å². The van der Waals surface area contributed by atoms with Crippen molar-refractivity contribution in [1.29, 1.82) is 0 Å². The van der Waals surface area contributed by atoms with Crippen molar-refractivity contribution in [2.45, 2.75) is 13.3 Å². The number of alkyl halides is 2. The second-order valence-electron chi connectivity index (χ2n) is 2.56. The van der Waals surface area contributed by atoms with E-state index in [1.165, 1.54) is 7.11 Å². The summed E-state index contributed by atoms with van der Waals surface area (Å²) in [7, 11) is 1.41. The molecule has 1 heterocycles.